The fraction of sp³-hybridized carbons (Fsp3) is 0.346. The van der Waals surface area contributed by atoms with Gasteiger partial charge in [-0.05, 0) is 24.0 Å². The summed E-state index contributed by atoms with van der Waals surface area (Å²) in [4.78, 5) is 21.3. The highest BCUT2D eigenvalue weighted by Crippen LogP contribution is 2.20. The third kappa shape index (κ3) is 6.76. The second-order valence-corrected chi connectivity index (χ2v) is 8.68. The molecular weight excluding hydrogens is 458 g/mol. The van der Waals surface area contributed by atoms with E-state index in [0.29, 0.717) is 36.9 Å². The number of hydrogen-bond donors (Lipinski definition) is 1. The average molecular weight is 490 g/mol. The van der Waals surface area contributed by atoms with Gasteiger partial charge in [-0.2, -0.15) is 5.10 Å². The Bertz CT molecular complexity index is 1220. The number of anilines is 1. The molecule has 2 aromatic heterocycles. The van der Waals surface area contributed by atoms with Gasteiger partial charge in [-0.15, -0.1) is 5.10 Å². The number of rotatable bonds is 11. The Balaban J connectivity index is 1.36. The minimum absolute atomic E-state index is 0.198. The number of aromatic nitrogens is 4. The van der Waals surface area contributed by atoms with Crippen molar-refractivity contribution in [3.8, 4) is 11.4 Å². The Kier molecular flexibility index (Phi) is 8.40. The van der Waals surface area contributed by atoms with Crippen LogP contribution < -0.4 is 10.3 Å². The van der Waals surface area contributed by atoms with Crippen LogP contribution in [0.2, 0.25) is 0 Å². The Labute approximate surface area is 210 Å². The molecule has 3 heterocycles. The second-order valence-electron chi connectivity index (χ2n) is 8.68. The van der Waals surface area contributed by atoms with Crippen LogP contribution in [0.1, 0.15) is 36.2 Å². The molecule has 1 N–H and O–H groups in total. The first-order valence-electron chi connectivity index (χ1n) is 12.0. The summed E-state index contributed by atoms with van der Waals surface area (Å²) < 4.78 is 12.9. The zero-order chi connectivity index (χ0) is 25.3. The van der Waals surface area contributed by atoms with Crippen LogP contribution in [-0.2, 0) is 22.9 Å². The summed E-state index contributed by atoms with van der Waals surface area (Å²) in [5, 5.41) is 13.4. The van der Waals surface area contributed by atoms with Gasteiger partial charge >= 0.3 is 0 Å². The normalized spacial score (nSPS) is 13.8. The molecule has 0 bridgehead atoms. The van der Waals surface area contributed by atoms with Gasteiger partial charge in [0, 0.05) is 38.2 Å². The summed E-state index contributed by atoms with van der Waals surface area (Å²) in [6.07, 6.45) is 11.5. The first-order chi connectivity index (χ1) is 17.5. The summed E-state index contributed by atoms with van der Waals surface area (Å²) in [7, 11) is 1.86. The van der Waals surface area contributed by atoms with Crippen LogP contribution in [0.25, 0.3) is 11.4 Å². The lowest BCUT2D eigenvalue weighted by atomic mass is 10.1. The molecule has 0 saturated heterocycles. The molecule has 1 atom stereocenters. The number of nitrogens with zero attached hydrogens (tertiary/aromatic N) is 6. The van der Waals surface area contributed by atoms with E-state index in [1.807, 2.05) is 44.4 Å². The summed E-state index contributed by atoms with van der Waals surface area (Å²) in [5.41, 5.74) is 3.11. The smallest absolute Gasteiger partial charge is 0.254 e. The number of carbonyl (C=O) groups excluding carboxylic acids is 1. The summed E-state index contributed by atoms with van der Waals surface area (Å²) in [5.74, 6) is 1.13. The van der Waals surface area contributed by atoms with Gasteiger partial charge in [-0.1, -0.05) is 32.0 Å². The Morgan fingerprint density at radius 3 is 2.81 bits per heavy atom. The van der Waals surface area contributed by atoms with E-state index in [-0.39, 0.29) is 11.8 Å². The van der Waals surface area contributed by atoms with Gasteiger partial charge < -0.3 is 14.8 Å². The number of nitrogens with one attached hydrogen (secondary N) is 1. The highest BCUT2D eigenvalue weighted by molar-refractivity contribution is 5.93. The quantitative estimate of drug-likeness (QED) is 0.411. The van der Waals surface area contributed by atoms with Crippen molar-refractivity contribution in [1.82, 2.24) is 25.1 Å². The van der Waals surface area contributed by atoms with E-state index >= 15 is 0 Å². The molecule has 10 heteroatoms. The SMILES string of the molecule is CCCOCC(C)CNC(=O)c1cnc(-c2cccc(CC3=NN(c4cnn(C)c4)C=CO3)c2)nc1. The zero-order valence-corrected chi connectivity index (χ0v) is 20.8. The first kappa shape index (κ1) is 25.1. The lowest BCUT2D eigenvalue weighted by Gasteiger charge is -2.18. The van der Waals surface area contributed by atoms with Crippen molar-refractivity contribution < 1.29 is 14.3 Å². The van der Waals surface area contributed by atoms with E-state index in [2.05, 4.69) is 32.4 Å². The van der Waals surface area contributed by atoms with Crippen LogP contribution in [0.3, 0.4) is 0 Å². The maximum absolute atomic E-state index is 12.5. The molecule has 36 heavy (non-hydrogen) atoms. The minimum atomic E-state index is -0.198. The molecule has 1 aromatic carbocycles. The number of amides is 1. The molecule has 10 nitrogen and oxygen atoms in total. The van der Waals surface area contributed by atoms with Crippen LogP contribution in [0.4, 0.5) is 5.69 Å². The van der Waals surface area contributed by atoms with Gasteiger partial charge in [0.15, 0.2) is 5.82 Å². The molecule has 0 fully saturated rings. The predicted octanol–water partition coefficient (Wildman–Crippen LogP) is 3.53. The molecule has 0 aliphatic carbocycles. The molecule has 0 radical (unpaired) electrons. The Morgan fingerprint density at radius 1 is 1.22 bits per heavy atom. The fourth-order valence-electron chi connectivity index (χ4n) is 3.54. The fourth-order valence-corrected chi connectivity index (χ4v) is 3.54. The minimum Gasteiger partial charge on any atom is -0.447 e. The first-order valence-corrected chi connectivity index (χ1v) is 12.0. The van der Waals surface area contributed by atoms with Gasteiger partial charge in [0.2, 0.25) is 5.90 Å². The van der Waals surface area contributed by atoms with Crippen LogP contribution >= 0.6 is 0 Å². The van der Waals surface area contributed by atoms with E-state index in [9.17, 15) is 4.79 Å². The molecule has 1 unspecified atom stereocenters. The van der Waals surface area contributed by atoms with Crippen LogP contribution in [0.5, 0.6) is 0 Å². The molecule has 1 aliphatic rings. The highest BCUT2D eigenvalue weighted by atomic mass is 16.5. The average Bonchev–Trinajstić information content (AvgIpc) is 3.34. The van der Waals surface area contributed by atoms with Crippen molar-refractivity contribution >= 4 is 17.5 Å². The second kappa shape index (κ2) is 12.1. The van der Waals surface area contributed by atoms with Gasteiger partial charge in [0.1, 0.15) is 11.9 Å². The van der Waals surface area contributed by atoms with Crippen LogP contribution in [0, 0.1) is 5.92 Å². The predicted molar refractivity (Wildman–Crippen MR) is 137 cm³/mol. The lowest BCUT2D eigenvalue weighted by Crippen LogP contribution is -2.30. The molecule has 3 aromatic rings. The molecule has 1 aliphatic heterocycles. The molecule has 1 amide bonds. The van der Waals surface area contributed by atoms with E-state index in [4.69, 9.17) is 9.47 Å². The summed E-state index contributed by atoms with van der Waals surface area (Å²) in [6.45, 7) is 6.00. The zero-order valence-electron chi connectivity index (χ0n) is 20.8. The maximum Gasteiger partial charge on any atom is 0.254 e. The Morgan fingerprint density at radius 2 is 2.06 bits per heavy atom. The van der Waals surface area contributed by atoms with Crippen molar-refractivity contribution in [3.63, 3.8) is 0 Å². The van der Waals surface area contributed by atoms with E-state index in [1.165, 1.54) is 0 Å². The molecule has 0 spiro atoms. The van der Waals surface area contributed by atoms with Crippen LogP contribution in [0.15, 0.2) is 66.6 Å². The maximum atomic E-state index is 12.5. The van der Waals surface area contributed by atoms with Crippen molar-refractivity contribution in [1.29, 1.82) is 0 Å². The Hall–Kier alpha value is -4.05. The number of hydrogen-bond acceptors (Lipinski definition) is 8. The number of aryl methyl sites for hydroxylation is 1. The van der Waals surface area contributed by atoms with Gasteiger partial charge in [-0.25, -0.2) is 15.0 Å². The molecular formula is C26H31N7O3. The molecule has 188 valence electrons. The highest BCUT2D eigenvalue weighted by Gasteiger charge is 2.14. The van der Waals surface area contributed by atoms with Crippen molar-refractivity contribution in [2.24, 2.45) is 18.1 Å². The van der Waals surface area contributed by atoms with E-state index in [1.54, 1.807) is 40.7 Å². The number of benzene rings is 1. The van der Waals surface area contributed by atoms with Crippen molar-refractivity contribution in [3.05, 3.63) is 72.6 Å². The third-order valence-corrected chi connectivity index (χ3v) is 5.40. The van der Waals surface area contributed by atoms with Crippen molar-refractivity contribution in [2.75, 3.05) is 24.8 Å². The number of carbonyl (C=O) groups is 1. The van der Waals surface area contributed by atoms with E-state index in [0.717, 1.165) is 29.8 Å². The monoisotopic (exact) mass is 489 g/mol. The standard InChI is InChI=1S/C26H31N7O3/c1-4-9-35-18-19(2)13-29-26(34)22-14-27-25(28-15-22)21-7-5-6-20(11-21)12-24-31-33(8-10-36-24)23-16-30-32(3)17-23/h5-8,10-11,14-17,19H,4,9,12-13,18H2,1-3H3,(H,29,34). The summed E-state index contributed by atoms with van der Waals surface area (Å²) >= 11 is 0. The van der Waals surface area contributed by atoms with Gasteiger partial charge in [0.25, 0.3) is 5.91 Å². The third-order valence-electron chi connectivity index (χ3n) is 5.40. The number of ether oxygens (including phenoxy) is 2. The van der Waals surface area contributed by atoms with Gasteiger partial charge in [-0.3, -0.25) is 9.48 Å². The van der Waals surface area contributed by atoms with E-state index < -0.39 is 0 Å². The lowest BCUT2D eigenvalue weighted by molar-refractivity contribution is 0.0893. The largest absolute Gasteiger partial charge is 0.447 e. The van der Waals surface area contributed by atoms with Gasteiger partial charge in [0.05, 0.1) is 37.2 Å². The number of hydrazone groups is 1. The van der Waals surface area contributed by atoms with Crippen molar-refractivity contribution in [2.45, 2.75) is 26.7 Å². The molecule has 0 saturated carbocycles. The topological polar surface area (TPSA) is 107 Å². The summed E-state index contributed by atoms with van der Waals surface area (Å²) in [6, 6.07) is 7.86. The van der Waals surface area contributed by atoms with Crippen LogP contribution in [-0.4, -0.2) is 51.3 Å². The molecule has 4 rings (SSSR count).